The Bertz CT molecular complexity index is 1080. The Balaban J connectivity index is 4.85. The smallest absolute Gasteiger partial charge is 0.303 e. The quantitative estimate of drug-likeness (QED) is 0.0361. The molecular formula is C51H95NO9. The van der Waals surface area contributed by atoms with Crippen molar-refractivity contribution >= 4 is 29.8 Å². The highest BCUT2D eigenvalue weighted by atomic mass is 16.6. The number of ether oxygens (including phenoxy) is 4. The average Bonchev–Trinajstić information content (AvgIpc) is 3.21. The third-order valence-electron chi connectivity index (χ3n) is 11.7. The molecule has 0 aromatic carbocycles. The highest BCUT2D eigenvalue weighted by molar-refractivity contribution is 5.83. The summed E-state index contributed by atoms with van der Waals surface area (Å²) >= 11 is 0. The normalized spacial score (nSPS) is 13.2. The molecule has 0 aromatic rings. The van der Waals surface area contributed by atoms with Crippen LogP contribution >= 0.6 is 0 Å². The molecule has 0 fully saturated rings. The van der Waals surface area contributed by atoms with Crippen LogP contribution in [0, 0.1) is 0 Å². The molecule has 0 unspecified atom stereocenters. The number of amides is 1. The second kappa shape index (κ2) is 42.6. The molecule has 10 heteroatoms. The maximum atomic E-state index is 13.7. The van der Waals surface area contributed by atoms with Crippen molar-refractivity contribution in [3.05, 3.63) is 0 Å². The zero-order valence-electron chi connectivity index (χ0n) is 40.4. The second-order valence-corrected chi connectivity index (χ2v) is 17.8. The Morgan fingerprint density at radius 1 is 0.377 bits per heavy atom. The molecule has 0 rings (SSSR count). The summed E-state index contributed by atoms with van der Waals surface area (Å²) < 4.78 is 22.2. The van der Waals surface area contributed by atoms with E-state index >= 15 is 0 Å². The molecule has 0 aliphatic rings. The topological polar surface area (TPSA) is 134 Å². The molecule has 0 saturated heterocycles. The van der Waals surface area contributed by atoms with Gasteiger partial charge in [0.05, 0.1) is 0 Å². The molecule has 0 aliphatic carbocycles. The first-order valence-electron chi connectivity index (χ1n) is 25.5. The first-order chi connectivity index (χ1) is 29.5. The molecule has 10 nitrogen and oxygen atoms in total. The summed E-state index contributed by atoms with van der Waals surface area (Å²) in [6.45, 7) is 9.24. The molecular weight excluding hydrogens is 771 g/mol. The first kappa shape index (κ1) is 58.4. The number of carbonyl (C=O) groups excluding carboxylic acids is 5. The van der Waals surface area contributed by atoms with Gasteiger partial charge in [-0.1, -0.05) is 213 Å². The summed E-state index contributed by atoms with van der Waals surface area (Å²) in [5, 5.41) is 2.84. The van der Waals surface area contributed by atoms with Crippen LogP contribution in [0.3, 0.4) is 0 Å². The highest BCUT2D eigenvalue weighted by Crippen LogP contribution is 2.21. The Morgan fingerprint density at radius 3 is 1.00 bits per heavy atom. The first-order valence-corrected chi connectivity index (χ1v) is 25.5. The number of unbranched alkanes of at least 4 members (excludes halogenated alkanes) is 31. The van der Waals surface area contributed by atoms with Crippen LogP contribution in [0.2, 0.25) is 0 Å². The number of hydrogen-bond donors (Lipinski definition) is 1. The van der Waals surface area contributed by atoms with Crippen LogP contribution < -0.4 is 5.32 Å². The fourth-order valence-corrected chi connectivity index (χ4v) is 8.21. The van der Waals surface area contributed by atoms with Gasteiger partial charge in [-0.25, -0.2) is 0 Å². The van der Waals surface area contributed by atoms with Gasteiger partial charge in [-0.3, -0.25) is 24.0 Å². The van der Waals surface area contributed by atoms with Gasteiger partial charge in [-0.15, -0.1) is 0 Å². The van der Waals surface area contributed by atoms with E-state index in [4.69, 9.17) is 18.9 Å². The van der Waals surface area contributed by atoms with Crippen molar-refractivity contribution in [2.24, 2.45) is 0 Å². The van der Waals surface area contributed by atoms with Gasteiger partial charge >= 0.3 is 23.9 Å². The van der Waals surface area contributed by atoms with Crippen LogP contribution in [0.4, 0.5) is 0 Å². The van der Waals surface area contributed by atoms with Crippen molar-refractivity contribution in [1.29, 1.82) is 0 Å². The minimum absolute atomic E-state index is 0.318. The Hall–Kier alpha value is -2.65. The predicted octanol–water partition coefficient (Wildman–Crippen LogP) is 13.5. The minimum atomic E-state index is -1.13. The molecule has 1 N–H and O–H groups in total. The van der Waals surface area contributed by atoms with E-state index in [1.54, 1.807) is 0 Å². The molecule has 0 aliphatic heterocycles. The number of esters is 4. The zero-order chi connectivity index (χ0) is 45.2. The number of rotatable bonds is 44. The van der Waals surface area contributed by atoms with E-state index in [0.717, 1.165) is 44.9 Å². The Labute approximate surface area is 374 Å². The van der Waals surface area contributed by atoms with E-state index in [9.17, 15) is 24.0 Å². The van der Waals surface area contributed by atoms with Gasteiger partial charge in [-0.05, 0) is 25.7 Å². The number of nitrogens with one attached hydrogen (secondary N) is 1. The fraction of sp³-hybridized carbons (Fsp3) is 0.902. The highest BCUT2D eigenvalue weighted by Gasteiger charge is 2.38. The predicted molar refractivity (Wildman–Crippen MR) is 248 cm³/mol. The van der Waals surface area contributed by atoms with Crippen LogP contribution in [0.1, 0.15) is 266 Å². The monoisotopic (exact) mass is 866 g/mol. The summed E-state index contributed by atoms with van der Waals surface area (Å²) in [6.07, 6.45) is 38.5. The van der Waals surface area contributed by atoms with Crippen molar-refractivity contribution in [3.63, 3.8) is 0 Å². The molecule has 61 heavy (non-hydrogen) atoms. The lowest BCUT2D eigenvalue weighted by molar-refractivity contribution is -0.172. The van der Waals surface area contributed by atoms with Gasteiger partial charge in [0.1, 0.15) is 18.8 Å². The lowest BCUT2D eigenvalue weighted by Crippen LogP contribution is -2.56. The lowest BCUT2D eigenvalue weighted by atomic mass is 9.98. The number of carbonyl (C=O) groups is 5. The van der Waals surface area contributed by atoms with Crippen molar-refractivity contribution < 1.29 is 42.9 Å². The SMILES string of the molecule is CCCCCCCCCCCCCCCCCCCCCCC[C@@H](OC(C)=O)C(=O)N[C@@H](COC(C)=O)[C@H](OC(C)=O)[C@@H](CCCCCCCCCCCCCC)OC(C)=O. The molecule has 358 valence electrons. The third kappa shape index (κ3) is 38.7. The van der Waals surface area contributed by atoms with E-state index in [-0.39, 0.29) is 6.61 Å². The maximum absolute atomic E-state index is 13.7. The van der Waals surface area contributed by atoms with Gasteiger partial charge in [0.15, 0.2) is 12.2 Å². The maximum Gasteiger partial charge on any atom is 0.303 e. The molecule has 0 spiro atoms. The van der Waals surface area contributed by atoms with Gasteiger partial charge < -0.3 is 24.3 Å². The van der Waals surface area contributed by atoms with Crippen molar-refractivity contribution in [2.75, 3.05) is 6.61 Å². The summed E-state index contributed by atoms with van der Waals surface area (Å²) in [5.74, 6) is -2.92. The van der Waals surface area contributed by atoms with Gasteiger partial charge in [0, 0.05) is 27.7 Å². The van der Waals surface area contributed by atoms with E-state index in [1.807, 2.05) is 0 Å². The van der Waals surface area contributed by atoms with Crippen molar-refractivity contribution in [2.45, 2.75) is 291 Å². The average molecular weight is 866 g/mol. The van der Waals surface area contributed by atoms with Crippen LogP contribution in [-0.2, 0) is 42.9 Å². The van der Waals surface area contributed by atoms with E-state index in [1.165, 1.54) is 188 Å². The molecule has 4 atom stereocenters. The second-order valence-electron chi connectivity index (χ2n) is 17.8. The molecule has 0 bridgehead atoms. The van der Waals surface area contributed by atoms with Gasteiger partial charge in [0.25, 0.3) is 5.91 Å². The fourth-order valence-electron chi connectivity index (χ4n) is 8.21. The molecule has 1 amide bonds. The summed E-state index contributed by atoms with van der Waals surface area (Å²) in [6, 6.07) is -1.04. The van der Waals surface area contributed by atoms with E-state index < -0.39 is 54.1 Å². The van der Waals surface area contributed by atoms with Crippen LogP contribution in [0.15, 0.2) is 0 Å². The minimum Gasteiger partial charge on any atom is -0.464 e. The summed E-state index contributed by atoms with van der Waals surface area (Å²) in [7, 11) is 0. The van der Waals surface area contributed by atoms with Gasteiger partial charge in [-0.2, -0.15) is 0 Å². The van der Waals surface area contributed by atoms with Gasteiger partial charge in [0.2, 0.25) is 0 Å². The number of hydrogen-bond acceptors (Lipinski definition) is 9. The molecule has 0 saturated carbocycles. The molecule has 0 aromatic heterocycles. The van der Waals surface area contributed by atoms with Crippen LogP contribution in [-0.4, -0.2) is 60.7 Å². The van der Waals surface area contributed by atoms with Crippen molar-refractivity contribution in [1.82, 2.24) is 5.32 Å². The van der Waals surface area contributed by atoms with Crippen LogP contribution in [0.5, 0.6) is 0 Å². The lowest BCUT2D eigenvalue weighted by Gasteiger charge is -2.33. The third-order valence-corrected chi connectivity index (χ3v) is 11.7. The Kier molecular flexibility index (Phi) is 40.8. The molecule has 0 radical (unpaired) electrons. The summed E-state index contributed by atoms with van der Waals surface area (Å²) in [4.78, 5) is 62.4. The standard InChI is InChI=1S/C51H95NO9/c1-7-9-11-13-15-17-19-21-22-23-24-25-26-27-28-29-31-33-35-37-39-41-49(60-45(5)55)51(57)52-47(42-58-43(3)53)50(61-46(6)56)48(59-44(4)54)40-38-36-34-32-30-20-18-16-14-12-10-8-2/h47-50H,7-42H2,1-6H3,(H,52,57)/t47-,48+,49+,50-/m0/s1. The van der Waals surface area contributed by atoms with E-state index in [0.29, 0.717) is 19.3 Å². The summed E-state index contributed by atoms with van der Waals surface area (Å²) in [5.41, 5.74) is 0. The Morgan fingerprint density at radius 2 is 0.689 bits per heavy atom. The largest absolute Gasteiger partial charge is 0.464 e. The van der Waals surface area contributed by atoms with E-state index in [2.05, 4.69) is 19.2 Å². The zero-order valence-corrected chi connectivity index (χ0v) is 40.4. The van der Waals surface area contributed by atoms with Crippen molar-refractivity contribution in [3.8, 4) is 0 Å². The van der Waals surface area contributed by atoms with Crippen LogP contribution in [0.25, 0.3) is 0 Å². The molecule has 0 heterocycles.